The molecule has 0 radical (unpaired) electrons. The average Bonchev–Trinajstić information content (AvgIpc) is 3.18. The number of nitrogens with zero attached hydrogens (tertiary/aromatic N) is 3. The number of hydrogen-bond acceptors (Lipinski definition) is 6. The minimum Gasteiger partial charge on any atom is -0.440 e. The van der Waals surface area contributed by atoms with Gasteiger partial charge in [0.1, 0.15) is 5.52 Å². The van der Waals surface area contributed by atoms with E-state index in [0.29, 0.717) is 13.1 Å². The van der Waals surface area contributed by atoms with Crippen molar-refractivity contribution in [3.05, 3.63) is 64.5 Å². The number of likely N-dealkylation sites (tertiary alicyclic amines) is 1. The molecule has 1 aromatic heterocycles. The Kier molecular flexibility index (Phi) is 5.53. The molecule has 1 aliphatic rings. The molecule has 0 spiro atoms. The van der Waals surface area contributed by atoms with Crippen molar-refractivity contribution in [3.8, 4) is 0 Å². The lowest BCUT2D eigenvalue weighted by Crippen LogP contribution is -2.41. The first kappa shape index (κ1) is 19.4. The molecule has 2 aromatic carbocycles. The van der Waals surface area contributed by atoms with Gasteiger partial charge in [-0.2, -0.15) is 0 Å². The number of nitro benzene ring substituents is 1. The largest absolute Gasteiger partial charge is 0.440 e. The molecule has 0 aliphatic carbocycles. The fourth-order valence-corrected chi connectivity index (χ4v) is 4.52. The third-order valence-electron chi connectivity index (χ3n) is 5.17. The number of para-hydroxylation sites is 2. The van der Waals surface area contributed by atoms with Crippen molar-refractivity contribution in [2.75, 3.05) is 13.1 Å². The first-order valence-corrected chi connectivity index (χ1v) is 10.4. The predicted octanol–water partition coefficient (Wildman–Crippen LogP) is 4.62. The molecule has 1 atom stereocenters. The zero-order chi connectivity index (χ0) is 20.4. The van der Waals surface area contributed by atoms with Gasteiger partial charge in [0.2, 0.25) is 5.91 Å². The molecule has 2 heterocycles. The maximum absolute atomic E-state index is 12.8. The molecule has 7 nitrogen and oxygen atoms in total. The molecule has 29 heavy (non-hydrogen) atoms. The number of carbonyl (C=O) groups excluding carboxylic acids is 1. The van der Waals surface area contributed by atoms with Gasteiger partial charge in [-0.3, -0.25) is 14.9 Å². The average molecular weight is 411 g/mol. The summed E-state index contributed by atoms with van der Waals surface area (Å²) in [5.41, 5.74) is 1.72. The molecule has 0 N–H and O–H groups in total. The monoisotopic (exact) mass is 411 g/mol. The number of thioether (sulfide) groups is 1. The second-order valence-corrected chi connectivity index (χ2v) is 8.54. The molecular formula is C21H21N3O4S. The van der Waals surface area contributed by atoms with Crippen LogP contribution in [0.2, 0.25) is 0 Å². The summed E-state index contributed by atoms with van der Waals surface area (Å²) in [4.78, 5) is 30.5. The second kappa shape index (κ2) is 8.24. The molecule has 1 amide bonds. The molecule has 0 bridgehead atoms. The Labute approximate surface area is 172 Å². The molecule has 4 rings (SSSR count). The van der Waals surface area contributed by atoms with Gasteiger partial charge >= 0.3 is 0 Å². The topological polar surface area (TPSA) is 89.5 Å². The standard InChI is InChI=1S/C21H21N3O4S/c1-14(29-17-8-6-16(7-9-17)24(26)27)21(25)23-12-10-15(11-13-23)20-22-18-4-2-3-5-19(18)28-20/h2-9,14-15H,10-13H2,1H3. The first-order valence-electron chi connectivity index (χ1n) is 9.56. The summed E-state index contributed by atoms with van der Waals surface area (Å²) in [5, 5.41) is 10.5. The van der Waals surface area contributed by atoms with Crippen LogP contribution in [0, 0.1) is 10.1 Å². The number of benzene rings is 2. The van der Waals surface area contributed by atoms with Crippen molar-refractivity contribution in [2.24, 2.45) is 0 Å². The minimum atomic E-state index is -0.427. The van der Waals surface area contributed by atoms with Gasteiger partial charge in [0.15, 0.2) is 11.5 Å². The number of hydrogen-bond donors (Lipinski definition) is 0. The van der Waals surface area contributed by atoms with Crippen LogP contribution in [-0.2, 0) is 4.79 Å². The normalized spacial score (nSPS) is 16.1. The van der Waals surface area contributed by atoms with E-state index in [1.165, 1.54) is 23.9 Å². The highest BCUT2D eigenvalue weighted by Crippen LogP contribution is 2.32. The molecule has 1 fully saturated rings. The number of carbonyl (C=O) groups is 1. The molecule has 150 valence electrons. The molecule has 8 heteroatoms. The van der Waals surface area contributed by atoms with Gasteiger partial charge in [-0.1, -0.05) is 12.1 Å². The summed E-state index contributed by atoms with van der Waals surface area (Å²) >= 11 is 1.42. The summed E-state index contributed by atoms with van der Waals surface area (Å²) in [6.07, 6.45) is 1.65. The lowest BCUT2D eigenvalue weighted by Gasteiger charge is -2.32. The molecular weight excluding hydrogens is 390 g/mol. The summed E-state index contributed by atoms with van der Waals surface area (Å²) in [6, 6.07) is 14.0. The molecule has 1 unspecified atom stereocenters. The van der Waals surface area contributed by atoms with E-state index < -0.39 is 4.92 Å². The molecule has 0 saturated carbocycles. The minimum absolute atomic E-state index is 0.0506. The van der Waals surface area contributed by atoms with E-state index in [0.717, 1.165) is 34.7 Å². The Balaban J connectivity index is 1.33. The fourth-order valence-electron chi connectivity index (χ4n) is 3.57. The van der Waals surface area contributed by atoms with Crippen LogP contribution in [0.5, 0.6) is 0 Å². The Morgan fingerprint density at radius 1 is 1.21 bits per heavy atom. The van der Waals surface area contributed by atoms with E-state index in [9.17, 15) is 14.9 Å². The third-order valence-corrected chi connectivity index (χ3v) is 6.27. The first-order chi connectivity index (χ1) is 14.0. The number of amides is 1. The van der Waals surface area contributed by atoms with Crippen LogP contribution in [-0.4, -0.2) is 39.1 Å². The molecule has 3 aromatic rings. The van der Waals surface area contributed by atoms with Gasteiger partial charge in [-0.15, -0.1) is 11.8 Å². The van der Waals surface area contributed by atoms with Crippen LogP contribution < -0.4 is 0 Å². The van der Waals surface area contributed by atoms with E-state index in [1.807, 2.05) is 36.1 Å². The van der Waals surface area contributed by atoms with Crippen LogP contribution in [0.3, 0.4) is 0 Å². The Hall–Kier alpha value is -2.87. The smallest absolute Gasteiger partial charge is 0.269 e. The van der Waals surface area contributed by atoms with Crippen molar-refractivity contribution in [3.63, 3.8) is 0 Å². The van der Waals surface area contributed by atoms with E-state index in [1.54, 1.807) is 12.1 Å². The Morgan fingerprint density at radius 3 is 2.55 bits per heavy atom. The molecule has 1 aliphatic heterocycles. The van der Waals surface area contributed by atoms with Crippen LogP contribution in [0.4, 0.5) is 5.69 Å². The zero-order valence-corrected chi connectivity index (χ0v) is 16.8. The number of fused-ring (bicyclic) bond motifs is 1. The summed E-state index contributed by atoms with van der Waals surface area (Å²) in [5.74, 6) is 1.07. The Morgan fingerprint density at radius 2 is 1.90 bits per heavy atom. The van der Waals surface area contributed by atoms with Gasteiger partial charge < -0.3 is 9.32 Å². The van der Waals surface area contributed by atoms with Gasteiger partial charge in [0, 0.05) is 36.0 Å². The highest BCUT2D eigenvalue weighted by molar-refractivity contribution is 8.00. The SMILES string of the molecule is CC(Sc1ccc([N+](=O)[O-])cc1)C(=O)N1CCC(c2nc3ccccc3o2)CC1. The highest BCUT2D eigenvalue weighted by atomic mass is 32.2. The maximum atomic E-state index is 12.8. The second-order valence-electron chi connectivity index (χ2n) is 7.13. The predicted molar refractivity (Wildman–Crippen MR) is 111 cm³/mol. The lowest BCUT2D eigenvalue weighted by atomic mass is 9.96. The zero-order valence-electron chi connectivity index (χ0n) is 16.0. The fraction of sp³-hybridized carbons (Fsp3) is 0.333. The van der Waals surface area contributed by atoms with Crippen molar-refractivity contribution < 1.29 is 14.1 Å². The summed E-state index contributed by atoms with van der Waals surface area (Å²) in [7, 11) is 0. The van der Waals surface area contributed by atoms with Gasteiger partial charge in [0.05, 0.1) is 10.2 Å². The van der Waals surface area contributed by atoms with Gasteiger partial charge in [-0.05, 0) is 44.0 Å². The van der Waals surface area contributed by atoms with E-state index in [2.05, 4.69) is 4.98 Å². The van der Waals surface area contributed by atoms with E-state index >= 15 is 0 Å². The number of aromatic nitrogens is 1. The summed E-state index contributed by atoms with van der Waals surface area (Å²) in [6.45, 7) is 3.22. The third kappa shape index (κ3) is 4.27. The number of oxazole rings is 1. The van der Waals surface area contributed by atoms with Crippen LogP contribution >= 0.6 is 11.8 Å². The van der Waals surface area contributed by atoms with Gasteiger partial charge in [-0.25, -0.2) is 4.98 Å². The number of non-ortho nitro benzene ring substituents is 1. The number of rotatable bonds is 5. The van der Waals surface area contributed by atoms with Gasteiger partial charge in [0.25, 0.3) is 5.69 Å². The van der Waals surface area contributed by atoms with Crippen molar-refractivity contribution >= 4 is 34.5 Å². The van der Waals surface area contributed by atoms with Crippen molar-refractivity contribution in [1.82, 2.24) is 9.88 Å². The Bertz CT molecular complexity index is 993. The number of nitro groups is 1. The van der Waals surface area contributed by atoms with Crippen LogP contribution in [0.15, 0.2) is 57.8 Å². The molecule has 1 saturated heterocycles. The lowest BCUT2D eigenvalue weighted by molar-refractivity contribution is -0.384. The van der Waals surface area contributed by atoms with Crippen molar-refractivity contribution in [2.45, 2.75) is 35.8 Å². The number of piperidine rings is 1. The van der Waals surface area contributed by atoms with E-state index in [4.69, 9.17) is 4.42 Å². The van der Waals surface area contributed by atoms with E-state index in [-0.39, 0.29) is 22.8 Å². The summed E-state index contributed by atoms with van der Waals surface area (Å²) < 4.78 is 5.89. The quantitative estimate of drug-likeness (QED) is 0.346. The van der Waals surface area contributed by atoms with Crippen molar-refractivity contribution in [1.29, 1.82) is 0 Å². The maximum Gasteiger partial charge on any atom is 0.269 e. The highest BCUT2D eigenvalue weighted by Gasteiger charge is 2.29. The van der Waals surface area contributed by atoms with Crippen LogP contribution in [0.25, 0.3) is 11.1 Å². The van der Waals surface area contributed by atoms with Crippen LogP contribution in [0.1, 0.15) is 31.6 Å².